The Kier molecular flexibility index (Phi) is 8.15. The van der Waals surface area contributed by atoms with Crippen LogP contribution in [-0.4, -0.2) is 23.7 Å². The summed E-state index contributed by atoms with van der Waals surface area (Å²) in [4.78, 5) is 11.4. The normalized spacial score (nSPS) is 12.1. The van der Waals surface area contributed by atoms with Crippen LogP contribution in [0.15, 0.2) is 36.4 Å². The Balaban J connectivity index is 2.16. The summed E-state index contributed by atoms with van der Waals surface area (Å²) in [6.07, 6.45) is 0. The molecule has 0 radical (unpaired) electrons. The molecule has 0 spiro atoms. The number of ether oxygens (including phenoxy) is 2. The third-order valence-electron chi connectivity index (χ3n) is 4.33. The molecule has 0 aliphatic rings. The maximum absolute atomic E-state index is 11.4. The second-order valence-corrected chi connectivity index (χ2v) is 7.45. The van der Waals surface area contributed by atoms with E-state index in [-0.39, 0.29) is 5.92 Å². The van der Waals surface area contributed by atoms with Crippen LogP contribution in [0.25, 0.3) is 0 Å². The molecule has 6 heteroatoms. The van der Waals surface area contributed by atoms with Crippen molar-refractivity contribution in [3.05, 3.63) is 58.1 Å². The third-order valence-corrected chi connectivity index (χ3v) is 4.69. The molecule has 0 amide bonds. The number of halogens is 1. The summed E-state index contributed by atoms with van der Waals surface area (Å²) in [6, 6.07) is 11.0. The zero-order valence-corrected chi connectivity index (χ0v) is 17.5. The first-order valence-electron chi connectivity index (χ1n) is 9.41. The first-order valence-corrected chi connectivity index (χ1v) is 9.79. The van der Waals surface area contributed by atoms with Crippen LogP contribution in [0.1, 0.15) is 37.5 Å². The molecule has 0 bridgehead atoms. The smallest absolute Gasteiger partial charge is 0.320 e. The van der Waals surface area contributed by atoms with Gasteiger partial charge in [-0.25, -0.2) is 0 Å². The highest BCUT2D eigenvalue weighted by Crippen LogP contribution is 2.34. The standard InChI is InChI=1S/C22H28ClNO4/c1-5-27-19-10-17(12-24-21(14(2)3)22(25)26)18(23)11-20(19)28-13-16-8-6-7-15(4)9-16/h6-11,14,21,24H,5,12-13H2,1-4H3,(H,25,26). The second-order valence-electron chi connectivity index (χ2n) is 7.04. The highest BCUT2D eigenvalue weighted by atomic mass is 35.5. The van der Waals surface area contributed by atoms with Crippen LogP contribution < -0.4 is 14.8 Å². The van der Waals surface area contributed by atoms with E-state index in [0.717, 1.165) is 11.1 Å². The van der Waals surface area contributed by atoms with Gasteiger partial charge in [-0.05, 0) is 37.0 Å². The Bertz CT molecular complexity index is 807. The van der Waals surface area contributed by atoms with E-state index in [0.29, 0.717) is 36.3 Å². The van der Waals surface area contributed by atoms with Crippen molar-refractivity contribution in [2.45, 2.75) is 46.9 Å². The number of carbonyl (C=O) groups is 1. The van der Waals surface area contributed by atoms with E-state index < -0.39 is 12.0 Å². The lowest BCUT2D eigenvalue weighted by atomic mass is 10.0. The number of hydrogen-bond donors (Lipinski definition) is 2. The number of hydrogen-bond acceptors (Lipinski definition) is 4. The molecule has 2 aromatic rings. The quantitative estimate of drug-likeness (QED) is 0.592. The molecule has 0 saturated carbocycles. The fourth-order valence-electron chi connectivity index (χ4n) is 2.88. The van der Waals surface area contributed by atoms with E-state index in [4.69, 9.17) is 21.1 Å². The highest BCUT2D eigenvalue weighted by molar-refractivity contribution is 6.31. The third kappa shape index (κ3) is 6.14. The predicted octanol–water partition coefficient (Wildman–Crippen LogP) is 4.82. The maximum Gasteiger partial charge on any atom is 0.320 e. The number of carboxylic acids is 1. The van der Waals surface area contributed by atoms with Gasteiger partial charge in [0.15, 0.2) is 11.5 Å². The number of rotatable bonds is 10. The van der Waals surface area contributed by atoms with E-state index in [1.165, 1.54) is 5.56 Å². The van der Waals surface area contributed by atoms with Crippen molar-refractivity contribution in [3.63, 3.8) is 0 Å². The Morgan fingerprint density at radius 2 is 1.89 bits per heavy atom. The molecule has 2 rings (SSSR count). The van der Waals surface area contributed by atoms with Crippen molar-refractivity contribution in [2.75, 3.05) is 6.61 Å². The number of aryl methyl sites for hydroxylation is 1. The molecule has 0 fully saturated rings. The van der Waals surface area contributed by atoms with Crippen molar-refractivity contribution in [1.29, 1.82) is 0 Å². The van der Waals surface area contributed by atoms with Crippen molar-refractivity contribution in [2.24, 2.45) is 5.92 Å². The molecule has 0 aromatic heterocycles. The van der Waals surface area contributed by atoms with Gasteiger partial charge in [0.25, 0.3) is 0 Å². The van der Waals surface area contributed by atoms with Crippen molar-refractivity contribution in [3.8, 4) is 11.5 Å². The molecule has 28 heavy (non-hydrogen) atoms. The molecule has 0 aliphatic heterocycles. The van der Waals surface area contributed by atoms with Crippen molar-refractivity contribution < 1.29 is 19.4 Å². The fraction of sp³-hybridized carbons (Fsp3) is 0.409. The van der Waals surface area contributed by atoms with Gasteiger partial charge in [-0.1, -0.05) is 55.3 Å². The molecular weight excluding hydrogens is 378 g/mol. The number of nitrogens with one attached hydrogen (secondary N) is 1. The molecular formula is C22H28ClNO4. The van der Waals surface area contributed by atoms with E-state index >= 15 is 0 Å². The summed E-state index contributed by atoms with van der Waals surface area (Å²) in [7, 11) is 0. The molecule has 2 N–H and O–H groups in total. The van der Waals surface area contributed by atoms with Gasteiger partial charge in [-0.2, -0.15) is 0 Å². The Labute approximate surface area is 171 Å². The summed E-state index contributed by atoms with van der Waals surface area (Å²) in [5.41, 5.74) is 2.99. The van der Waals surface area contributed by atoms with Gasteiger partial charge in [0.2, 0.25) is 0 Å². The minimum absolute atomic E-state index is 0.0421. The summed E-state index contributed by atoms with van der Waals surface area (Å²) in [5.74, 6) is 0.234. The minimum Gasteiger partial charge on any atom is -0.490 e. The second kappa shape index (κ2) is 10.3. The summed E-state index contributed by atoms with van der Waals surface area (Å²) in [6.45, 7) is 8.88. The molecule has 1 unspecified atom stereocenters. The summed E-state index contributed by atoms with van der Waals surface area (Å²) >= 11 is 6.43. The van der Waals surface area contributed by atoms with Gasteiger partial charge in [0.05, 0.1) is 6.61 Å². The molecule has 2 aromatic carbocycles. The Morgan fingerprint density at radius 1 is 1.18 bits per heavy atom. The monoisotopic (exact) mass is 405 g/mol. The van der Waals surface area contributed by atoms with Crippen molar-refractivity contribution >= 4 is 17.6 Å². The van der Waals surface area contributed by atoms with Crippen LogP contribution in [0.5, 0.6) is 11.5 Å². The lowest BCUT2D eigenvalue weighted by Gasteiger charge is -2.19. The van der Waals surface area contributed by atoms with E-state index in [9.17, 15) is 9.90 Å². The first-order chi connectivity index (χ1) is 13.3. The van der Waals surface area contributed by atoms with Crippen molar-refractivity contribution in [1.82, 2.24) is 5.32 Å². The maximum atomic E-state index is 11.4. The lowest BCUT2D eigenvalue weighted by Crippen LogP contribution is -2.40. The van der Waals surface area contributed by atoms with E-state index in [2.05, 4.69) is 11.4 Å². The van der Waals surface area contributed by atoms with Crippen LogP contribution in [0.2, 0.25) is 5.02 Å². The largest absolute Gasteiger partial charge is 0.490 e. The van der Waals surface area contributed by atoms with Crippen LogP contribution >= 0.6 is 11.6 Å². The van der Waals surface area contributed by atoms with Crippen LogP contribution in [0, 0.1) is 12.8 Å². The highest BCUT2D eigenvalue weighted by Gasteiger charge is 2.21. The predicted molar refractivity (Wildman–Crippen MR) is 111 cm³/mol. The van der Waals surface area contributed by atoms with Gasteiger partial charge >= 0.3 is 5.97 Å². The first kappa shape index (κ1) is 22.1. The average Bonchev–Trinajstić information content (AvgIpc) is 2.62. The van der Waals surface area contributed by atoms with E-state index in [1.807, 2.05) is 52.0 Å². The molecule has 152 valence electrons. The topological polar surface area (TPSA) is 67.8 Å². The minimum atomic E-state index is -0.880. The zero-order chi connectivity index (χ0) is 20.7. The molecule has 1 atom stereocenters. The van der Waals surface area contributed by atoms with Gasteiger partial charge in [0.1, 0.15) is 12.6 Å². The van der Waals surface area contributed by atoms with Gasteiger partial charge in [-0.15, -0.1) is 0 Å². The number of carboxylic acid groups (broad SMARTS) is 1. The summed E-state index contributed by atoms with van der Waals surface area (Å²) in [5, 5.41) is 12.9. The molecule has 0 saturated heterocycles. The number of aliphatic carboxylic acids is 1. The van der Waals surface area contributed by atoms with Crippen LogP contribution in [-0.2, 0) is 17.9 Å². The molecule has 0 heterocycles. The Hall–Kier alpha value is -2.24. The summed E-state index contributed by atoms with van der Waals surface area (Å²) < 4.78 is 11.7. The van der Waals surface area contributed by atoms with Gasteiger partial charge < -0.3 is 19.9 Å². The Morgan fingerprint density at radius 3 is 2.50 bits per heavy atom. The lowest BCUT2D eigenvalue weighted by molar-refractivity contribution is -0.140. The zero-order valence-electron chi connectivity index (χ0n) is 16.8. The van der Waals surface area contributed by atoms with E-state index in [1.54, 1.807) is 6.07 Å². The number of benzene rings is 2. The average molecular weight is 406 g/mol. The molecule has 0 aliphatic carbocycles. The van der Waals surface area contributed by atoms with Crippen LogP contribution in [0.4, 0.5) is 0 Å². The van der Waals surface area contributed by atoms with Crippen LogP contribution in [0.3, 0.4) is 0 Å². The fourth-order valence-corrected chi connectivity index (χ4v) is 3.11. The van der Waals surface area contributed by atoms with Gasteiger partial charge in [-0.3, -0.25) is 4.79 Å². The van der Waals surface area contributed by atoms with Gasteiger partial charge in [0, 0.05) is 17.6 Å². The SMILES string of the molecule is CCOc1cc(CNC(C(=O)O)C(C)C)c(Cl)cc1OCc1cccc(C)c1. The molecule has 5 nitrogen and oxygen atoms in total.